The molecule has 0 aromatic carbocycles. The van der Waals surface area contributed by atoms with E-state index in [1.807, 2.05) is 0 Å². The van der Waals surface area contributed by atoms with Crippen LogP contribution < -0.4 is 0 Å². The lowest BCUT2D eigenvalue weighted by molar-refractivity contribution is 0.301. The molecule has 2 aliphatic rings. The quantitative estimate of drug-likeness (QED) is 0.497. The van der Waals surface area contributed by atoms with Gasteiger partial charge in [-0.3, -0.25) is 0 Å². The largest absolute Gasteiger partial charge is 0.0625 e. The molecule has 0 unspecified atom stereocenters. The SMILES string of the molecule is C[C@@H]1CCC[C@H](C)C1.C[C@@H]1CCC[C@H](C)C1. The van der Waals surface area contributed by atoms with Gasteiger partial charge in [0, 0.05) is 0 Å². The standard InChI is InChI=1S/2C8H16/c2*1-7-4-3-5-8(2)6-7/h2*7-8H,3-6H2,1-2H3/t2*7-,8+. The summed E-state index contributed by atoms with van der Waals surface area (Å²) in [5.74, 6) is 4.05. The zero-order chi connectivity index (χ0) is 12.0. The van der Waals surface area contributed by atoms with Gasteiger partial charge >= 0.3 is 0 Å². The van der Waals surface area contributed by atoms with Crippen molar-refractivity contribution in [2.24, 2.45) is 23.7 Å². The third kappa shape index (κ3) is 5.92. The second kappa shape index (κ2) is 7.35. The van der Waals surface area contributed by atoms with Gasteiger partial charge in [0.2, 0.25) is 0 Å². The van der Waals surface area contributed by atoms with Crippen molar-refractivity contribution >= 4 is 0 Å². The van der Waals surface area contributed by atoms with E-state index in [1.165, 1.54) is 51.4 Å². The fraction of sp³-hybridized carbons (Fsp3) is 1.00. The molecule has 0 saturated heterocycles. The molecule has 2 fully saturated rings. The second-order valence-corrected chi connectivity index (χ2v) is 6.75. The molecule has 0 aromatic heterocycles. The molecule has 0 heteroatoms. The normalized spacial score (nSPS) is 39.8. The molecular weight excluding hydrogens is 192 g/mol. The summed E-state index contributed by atoms with van der Waals surface area (Å²) in [6.45, 7) is 9.48. The molecular formula is C16H32. The Balaban J connectivity index is 0.000000160. The summed E-state index contributed by atoms with van der Waals surface area (Å²) >= 11 is 0. The molecule has 0 radical (unpaired) electrons. The van der Waals surface area contributed by atoms with Gasteiger partial charge in [-0.2, -0.15) is 0 Å². The van der Waals surface area contributed by atoms with Crippen LogP contribution in [0.2, 0.25) is 0 Å². The lowest BCUT2D eigenvalue weighted by Gasteiger charge is -2.22. The molecule has 16 heavy (non-hydrogen) atoms. The van der Waals surface area contributed by atoms with E-state index in [-0.39, 0.29) is 0 Å². The predicted octanol–water partition coefficient (Wildman–Crippen LogP) is 5.67. The summed E-state index contributed by atoms with van der Waals surface area (Å²) in [5.41, 5.74) is 0. The van der Waals surface area contributed by atoms with Gasteiger partial charge in [-0.25, -0.2) is 0 Å². The molecule has 0 heterocycles. The summed E-state index contributed by atoms with van der Waals surface area (Å²) in [5, 5.41) is 0. The second-order valence-electron chi connectivity index (χ2n) is 6.75. The van der Waals surface area contributed by atoms with Crippen LogP contribution in [0.25, 0.3) is 0 Å². The van der Waals surface area contributed by atoms with Gasteiger partial charge in [-0.05, 0) is 36.5 Å². The van der Waals surface area contributed by atoms with Gasteiger partial charge in [0.1, 0.15) is 0 Å². The Bertz CT molecular complexity index is 137. The van der Waals surface area contributed by atoms with E-state index in [0.717, 1.165) is 23.7 Å². The first kappa shape index (κ1) is 14.1. The first-order valence-electron chi connectivity index (χ1n) is 7.58. The molecule has 0 nitrogen and oxygen atoms in total. The minimum Gasteiger partial charge on any atom is -0.0625 e. The van der Waals surface area contributed by atoms with Crippen LogP contribution in [-0.4, -0.2) is 0 Å². The van der Waals surface area contributed by atoms with Crippen molar-refractivity contribution < 1.29 is 0 Å². The Morgan fingerprint density at radius 2 is 0.750 bits per heavy atom. The van der Waals surface area contributed by atoms with Crippen molar-refractivity contribution in [1.29, 1.82) is 0 Å². The summed E-state index contributed by atoms with van der Waals surface area (Å²) < 4.78 is 0. The Labute approximate surface area is 103 Å². The van der Waals surface area contributed by atoms with Crippen molar-refractivity contribution in [3.63, 3.8) is 0 Å². The molecule has 4 atom stereocenters. The highest BCUT2D eigenvalue weighted by molar-refractivity contribution is 4.66. The van der Waals surface area contributed by atoms with Gasteiger partial charge in [-0.1, -0.05) is 66.2 Å². The molecule has 0 amide bonds. The first-order chi connectivity index (χ1) is 7.58. The molecule has 96 valence electrons. The Hall–Kier alpha value is 0. The summed E-state index contributed by atoms with van der Waals surface area (Å²) in [4.78, 5) is 0. The van der Waals surface area contributed by atoms with Gasteiger partial charge in [-0.15, -0.1) is 0 Å². The van der Waals surface area contributed by atoms with Crippen molar-refractivity contribution in [3.05, 3.63) is 0 Å². The van der Waals surface area contributed by atoms with Crippen LogP contribution in [0.3, 0.4) is 0 Å². The molecule has 0 spiro atoms. The topological polar surface area (TPSA) is 0 Å². The first-order valence-corrected chi connectivity index (χ1v) is 7.58. The van der Waals surface area contributed by atoms with E-state index in [0.29, 0.717) is 0 Å². The Morgan fingerprint density at radius 3 is 0.875 bits per heavy atom. The zero-order valence-electron chi connectivity index (χ0n) is 12.0. The van der Waals surface area contributed by atoms with Gasteiger partial charge in [0.25, 0.3) is 0 Å². The average Bonchev–Trinajstić information content (AvgIpc) is 2.17. The summed E-state index contributed by atoms with van der Waals surface area (Å²) in [6.07, 6.45) is 11.8. The molecule has 2 saturated carbocycles. The fourth-order valence-corrected chi connectivity index (χ4v) is 3.47. The van der Waals surface area contributed by atoms with E-state index >= 15 is 0 Å². The molecule has 0 bridgehead atoms. The van der Waals surface area contributed by atoms with Gasteiger partial charge in [0.05, 0.1) is 0 Å². The monoisotopic (exact) mass is 224 g/mol. The van der Waals surface area contributed by atoms with E-state index < -0.39 is 0 Å². The van der Waals surface area contributed by atoms with E-state index in [4.69, 9.17) is 0 Å². The molecule has 0 aliphatic heterocycles. The van der Waals surface area contributed by atoms with Crippen LogP contribution in [-0.2, 0) is 0 Å². The summed E-state index contributed by atoms with van der Waals surface area (Å²) in [6, 6.07) is 0. The van der Waals surface area contributed by atoms with Crippen LogP contribution in [0.5, 0.6) is 0 Å². The average molecular weight is 224 g/mol. The Kier molecular flexibility index (Phi) is 6.46. The van der Waals surface area contributed by atoms with Gasteiger partial charge < -0.3 is 0 Å². The highest BCUT2D eigenvalue weighted by Crippen LogP contribution is 2.28. The Morgan fingerprint density at radius 1 is 0.500 bits per heavy atom. The number of rotatable bonds is 0. The zero-order valence-corrected chi connectivity index (χ0v) is 12.0. The molecule has 0 N–H and O–H groups in total. The van der Waals surface area contributed by atoms with Crippen molar-refractivity contribution in [3.8, 4) is 0 Å². The van der Waals surface area contributed by atoms with E-state index in [1.54, 1.807) is 0 Å². The van der Waals surface area contributed by atoms with Gasteiger partial charge in [0.15, 0.2) is 0 Å². The van der Waals surface area contributed by atoms with Crippen LogP contribution in [0.15, 0.2) is 0 Å². The lowest BCUT2D eigenvalue weighted by Crippen LogP contribution is -2.09. The highest BCUT2D eigenvalue weighted by Gasteiger charge is 2.14. The molecule has 2 aliphatic carbocycles. The fourth-order valence-electron chi connectivity index (χ4n) is 3.47. The van der Waals surface area contributed by atoms with Crippen LogP contribution in [0.4, 0.5) is 0 Å². The minimum absolute atomic E-state index is 1.01. The maximum atomic E-state index is 2.37. The van der Waals surface area contributed by atoms with Crippen molar-refractivity contribution in [2.75, 3.05) is 0 Å². The third-order valence-electron chi connectivity index (χ3n) is 4.40. The maximum absolute atomic E-state index is 2.37. The molecule has 2 rings (SSSR count). The van der Waals surface area contributed by atoms with Crippen LogP contribution >= 0.6 is 0 Å². The van der Waals surface area contributed by atoms with E-state index in [9.17, 15) is 0 Å². The maximum Gasteiger partial charge on any atom is -0.0440 e. The smallest absolute Gasteiger partial charge is 0.0440 e. The van der Waals surface area contributed by atoms with Crippen molar-refractivity contribution in [2.45, 2.75) is 79.1 Å². The molecule has 0 aromatic rings. The predicted molar refractivity (Wildman–Crippen MR) is 73.6 cm³/mol. The summed E-state index contributed by atoms with van der Waals surface area (Å²) in [7, 11) is 0. The third-order valence-corrected chi connectivity index (χ3v) is 4.40. The van der Waals surface area contributed by atoms with E-state index in [2.05, 4.69) is 27.7 Å². The van der Waals surface area contributed by atoms with Crippen LogP contribution in [0.1, 0.15) is 79.1 Å². The number of hydrogen-bond donors (Lipinski definition) is 0. The number of hydrogen-bond acceptors (Lipinski definition) is 0. The minimum atomic E-state index is 1.01. The van der Waals surface area contributed by atoms with Crippen molar-refractivity contribution in [1.82, 2.24) is 0 Å². The highest BCUT2D eigenvalue weighted by atomic mass is 14.2. The lowest BCUT2D eigenvalue weighted by atomic mass is 9.84. The van der Waals surface area contributed by atoms with Crippen LogP contribution in [0, 0.1) is 23.7 Å².